The Bertz CT molecular complexity index is 2260. The highest BCUT2D eigenvalue weighted by Crippen LogP contribution is 2.37. The van der Waals surface area contributed by atoms with Crippen LogP contribution in [0, 0.1) is 5.92 Å². The van der Waals surface area contributed by atoms with Crippen LogP contribution in [0.25, 0.3) is 11.1 Å². The van der Waals surface area contributed by atoms with Gasteiger partial charge in [0, 0.05) is 84.7 Å². The van der Waals surface area contributed by atoms with Crippen molar-refractivity contribution in [2.45, 2.75) is 61.4 Å². The number of amides is 1. The van der Waals surface area contributed by atoms with Crippen molar-refractivity contribution in [3.63, 3.8) is 0 Å². The van der Waals surface area contributed by atoms with Crippen LogP contribution in [0.5, 0.6) is 0 Å². The smallest absolute Gasteiger partial charge is 0.400 e. The van der Waals surface area contributed by atoms with Crippen LogP contribution in [-0.2, 0) is 16.4 Å². The van der Waals surface area contributed by atoms with Crippen LogP contribution in [0.15, 0.2) is 136 Å². The molecule has 16 heteroatoms. The van der Waals surface area contributed by atoms with Gasteiger partial charge in [-0.15, -0.1) is 11.8 Å². The van der Waals surface area contributed by atoms with E-state index in [1.54, 1.807) is 12.1 Å². The van der Waals surface area contributed by atoms with Gasteiger partial charge in [0.25, 0.3) is 15.7 Å². The van der Waals surface area contributed by atoms with E-state index in [2.05, 4.69) is 70.8 Å². The average molecular weight is 975 g/mol. The number of thioether (sulfide) groups is 1. The van der Waals surface area contributed by atoms with Crippen molar-refractivity contribution in [2.75, 3.05) is 75.9 Å². The molecule has 0 bridgehead atoms. The minimum absolute atomic E-state index is 0.135. The molecule has 1 amide bonds. The van der Waals surface area contributed by atoms with E-state index in [1.807, 2.05) is 86.6 Å². The Kier molecular flexibility index (Phi) is 23.8. The number of piperazine rings is 1. The van der Waals surface area contributed by atoms with Crippen molar-refractivity contribution in [1.29, 1.82) is 0 Å². The summed E-state index contributed by atoms with van der Waals surface area (Å²) in [5.41, 5.74) is -0.767. The first-order chi connectivity index (χ1) is 31.1. The number of sulfone groups is 1. The van der Waals surface area contributed by atoms with Crippen molar-refractivity contribution in [1.82, 2.24) is 14.5 Å². The molecule has 0 unspecified atom stereocenters. The van der Waals surface area contributed by atoms with Gasteiger partial charge in [-0.1, -0.05) is 101 Å². The number of benzene rings is 5. The molecule has 1 fully saturated rings. The number of carbonyl (C=O) groups is 1. The fourth-order valence-electron chi connectivity index (χ4n) is 6.65. The van der Waals surface area contributed by atoms with E-state index < -0.39 is 26.1 Å². The molecule has 0 radical (unpaired) electrons. The highest BCUT2D eigenvalue weighted by Gasteiger charge is 2.48. The minimum atomic E-state index is -5.67. The van der Waals surface area contributed by atoms with E-state index in [4.69, 9.17) is 16.7 Å². The number of nitrogens with zero attached hydrogens (tertiary/aromatic N) is 3. The van der Waals surface area contributed by atoms with Gasteiger partial charge in [-0.3, -0.25) is 14.4 Å². The summed E-state index contributed by atoms with van der Waals surface area (Å²) in [7, 11) is -2.51. The first-order valence-electron chi connectivity index (χ1n) is 21.5. The standard InChI is InChI=1S/C39H36ClF3N4O3S3.C7H17N.C2H6.CH4O/c40-31-14-10-28(11-15-31)35-9-5-4-6-30(35)27-46-21-23-47(24-22-46)32-16-12-29(13-17-32)38(48)45-52-34-18-19-36(37(26-34)53(49,50)39(41,42)43)44-20-25-51-33-7-2-1-3-8-33;1-5-8(4)6-7(2)3;2*1-2/h1-19,26,44H,20-25,27H2,(H,45,48);7H,5-6H2,1-4H3;1-2H3;2H,1H3. The summed E-state index contributed by atoms with van der Waals surface area (Å²) < 4.78 is 68.5. The van der Waals surface area contributed by atoms with E-state index in [1.165, 1.54) is 41.6 Å². The molecule has 0 saturated carbocycles. The second-order valence-corrected chi connectivity index (χ2v) is 19.3. The van der Waals surface area contributed by atoms with Gasteiger partial charge in [-0.05, 0) is 115 Å². The molecule has 354 valence electrons. The van der Waals surface area contributed by atoms with Gasteiger partial charge < -0.3 is 20.2 Å². The van der Waals surface area contributed by atoms with Crippen LogP contribution in [0.3, 0.4) is 0 Å². The van der Waals surface area contributed by atoms with E-state index in [0.29, 0.717) is 16.3 Å². The van der Waals surface area contributed by atoms with Gasteiger partial charge in [0.15, 0.2) is 0 Å². The lowest BCUT2D eigenvalue weighted by molar-refractivity contribution is -0.0435. The fraction of sp³-hybridized carbons (Fsp3) is 0.367. The molecule has 5 aromatic rings. The van der Waals surface area contributed by atoms with Crippen molar-refractivity contribution in [3.8, 4) is 11.1 Å². The van der Waals surface area contributed by atoms with Gasteiger partial charge >= 0.3 is 5.51 Å². The second kappa shape index (κ2) is 28.1. The summed E-state index contributed by atoms with van der Waals surface area (Å²) in [6.45, 7) is 17.4. The first-order valence-corrected chi connectivity index (χ1v) is 25.2. The lowest BCUT2D eigenvalue weighted by Gasteiger charge is -2.36. The van der Waals surface area contributed by atoms with Gasteiger partial charge in [0.05, 0.1) is 5.69 Å². The monoisotopic (exact) mass is 973 g/mol. The average Bonchev–Trinajstić information content (AvgIpc) is 3.32. The number of carbonyl (C=O) groups excluding carboxylic acids is 1. The number of halogens is 4. The molecule has 1 aliphatic rings. The van der Waals surface area contributed by atoms with Gasteiger partial charge in [-0.2, -0.15) is 13.2 Å². The summed E-state index contributed by atoms with van der Waals surface area (Å²) in [5, 5.41) is 10.5. The van der Waals surface area contributed by atoms with E-state index in [-0.39, 0.29) is 17.1 Å². The van der Waals surface area contributed by atoms with E-state index in [9.17, 15) is 26.4 Å². The number of hydrogen-bond donors (Lipinski definition) is 3. The van der Waals surface area contributed by atoms with Crippen molar-refractivity contribution < 1.29 is 31.5 Å². The van der Waals surface area contributed by atoms with Crippen LogP contribution >= 0.6 is 35.3 Å². The molecule has 0 spiro atoms. The number of nitrogens with one attached hydrogen (secondary N) is 2. The maximum Gasteiger partial charge on any atom is 0.501 e. The quantitative estimate of drug-likeness (QED) is 0.0503. The Morgan fingerprint density at radius 3 is 2.05 bits per heavy atom. The van der Waals surface area contributed by atoms with Crippen LogP contribution in [0.4, 0.5) is 24.5 Å². The number of anilines is 2. The van der Waals surface area contributed by atoms with Crippen molar-refractivity contribution in [3.05, 3.63) is 137 Å². The normalized spacial score (nSPS) is 12.9. The van der Waals surface area contributed by atoms with Crippen LogP contribution < -0.4 is 14.9 Å². The predicted octanol–water partition coefficient (Wildman–Crippen LogP) is 11.5. The molecule has 65 heavy (non-hydrogen) atoms. The number of aliphatic hydroxyl groups is 1. The highest BCUT2D eigenvalue weighted by molar-refractivity contribution is 7.99. The molecular weight excluding hydrogens is 911 g/mol. The maximum absolute atomic E-state index is 13.6. The molecule has 0 atom stereocenters. The molecule has 5 aromatic carbocycles. The number of rotatable bonds is 16. The molecule has 0 aromatic heterocycles. The summed E-state index contributed by atoms with van der Waals surface area (Å²) in [6, 6.07) is 36.5. The molecule has 0 aliphatic carbocycles. The SMILES string of the molecule is CC.CCN(C)CC(C)C.CO.O=C(NSc1ccc(NCCSc2ccccc2)c(S(=O)(=O)C(F)(F)F)c1)c1ccc(N2CCN(Cc3ccccc3-c3ccc(Cl)cc3)CC2)cc1. The lowest BCUT2D eigenvalue weighted by atomic mass is 9.99. The zero-order chi connectivity index (χ0) is 48.0. The molecule has 1 heterocycles. The van der Waals surface area contributed by atoms with Gasteiger partial charge in [0.1, 0.15) is 4.90 Å². The minimum Gasteiger partial charge on any atom is -0.400 e. The number of hydrogen-bond acceptors (Lipinski definition) is 10. The Labute approximate surface area is 398 Å². The first kappa shape index (κ1) is 55.1. The zero-order valence-corrected chi connectivity index (χ0v) is 41.4. The number of alkyl halides is 3. The third-order valence-corrected chi connectivity index (χ3v) is 13.5. The summed E-state index contributed by atoms with van der Waals surface area (Å²) in [4.78, 5) is 20.2. The second-order valence-electron chi connectivity index (χ2n) is 15.0. The van der Waals surface area contributed by atoms with Gasteiger partial charge in [0.2, 0.25) is 0 Å². The summed E-state index contributed by atoms with van der Waals surface area (Å²) in [5.74, 6) is 0.837. The van der Waals surface area contributed by atoms with Gasteiger partial charge in [-0.25, -0.2) is 8.42 Å². The van der Waals surface area contributed by atoms with Crippen LogP contribution in [-0.4, -0.2) is 100 Å². The van der Waals surface area contributed by atoms with Crippen LogP contribution in [0.2, 0.25) is 5.02 Å². The molecule has 1 saturated heterocycles. The van der Waals surface area contributed by atoms with E-state index >= 15 is 0 Å². The molecule has 1 aliphatic heterocycles. The molecular formula is C49H63ClF3N5O4S3. The van der Waals surface area contributed by atoms with Crippen molar-refractivity contribution >= 4 is 62.4 Å². The summed E-state index contributed by atoms with van der Waals surface area (Å²) >= 11 is 8.33. The summed E-state index contributed by atoms with van der Waals surface area (Å²) in [6.07, 6.45) is 0. The third kappa shape index (κ3) is 17.5. The Hall–Kier alpha value is -4.22. The molecule has 9 nitrogen and oxygen atoms in total. The number of aliphatic hydroxyl groups excluding tert-OH is 1. The maximum atomic E-state index is 13.6. The highest BCUT2D eigenvalue weighted by atomic mass is 35.5. The topological polar surface area (TPSA) is 105 Å². The third-order valence-electron chi connectivity index (χ3n) is 9.89. The Balaban J connectivity index is 0.000000835. The lowest BCUT2D eigenvalue weighted by Crippen LogP contribution is -2.46. The molecule has 3 N–H and O–H groups in total. The van der Waals surface area contributed by atoms with Crippen molar-refractivity contribution in [2.24, 2.45) is 5.92 Å². The zero-order valence-electron chi connectivity index (χ0n) is 38.2. The largest absolute Gasteiger partial charge is 0.501 e. The predicted molar refractivity (Wildman–Crippen MR) is 267 cm³/mol. The fourth-order valence-corrected chi connectivity index (χ4v) is 9.24. The Morgan fingerprint density at radius 2 is 1.46 bits per heavy atom. The van der Waals surface area contributed by atoms with E-state index in [0.717, 1.165) is 86.5 Å². The molecule has 6 rings (SSSR count). The van der Waals surface area contributed by atoms with Crippen LogP contribution in [0.1, 0.15) is 50.5 Å². The Morgan fingerprint density at radius 1 is 0.846 bits per heavy atom.